The minimum absolute atomic E-state index is 0.154. The molecule has 1 heterocycles. The van der Waals surface area contributed by atoms with Gasteiger partial charge in [-0.25, -0.2) is 8.78 Å². The van der Waals surface area contributed by atoms with Gasteiger partial charge < -0.3 is 5.32 Å². The van der Waals surface area contributed by atoms with Gasteiger partial charge in [-0.05, 0) is 81.7 Å². The summed E-state index contributed by atoms with van der Waals surface area (Å²) in [5, 5.41) is 3.10. The molecule has 0 saturated carbocycles. The van der Waals surface area contributed by atoms with Gasteiger partial charge >= 0.3 is 0 Å². The molecule has 0 saturated heterocycles. The molecular weight excluding hydrogens is 370 g/mol. The molecule has 3 aromatic rings. The molecule has 0 spiro atoms. The first kappa shape index (κ1) is 24.1. The van der Waals surface area contributed by atoms with Gasteiger partial charge in [0.05, 0.1) is 0 Å². The largest absolute Gasteiger partial charge is 0.320 e. The maximum Gasteiger partial charge on any atom is 0.151 e. The van der Waals surface area contributed by atoms with Gasteiger partial charge in [0.25, 0.3) is 0 Å². The molecule has 3 rings (SSSR count). The van der Waals surface area contributed by atoms with Gasteiger partial charge in [0.15, 0.2) is 6.29 Å². The van der Waals surface area contributed by atoms with Crippen LogP contribution in [-0.2, 0) is 6.42 Å². The van der Waals surface area contributed by atoms with Crippen molar-refractivity contribution in [3.05, 3.63) is 101 Å². The lowest BCUT2D eigenvalue weighted by Gasteiger charge is -2.00. The van der Waals surface area contributed by atoms with Crippen molar-refractivity contribution < 1.29 is 13.6 Å². The van der Waals surface area contributed by atoms with Crippen molar-refractivity contribution in [2.24, 2.45) is 0 Å². The number of aryl methyl sites for hydroxylation is 2. The van der Waals surface area contributed by atoms with E-state index in [4.69, 9.17) is 0 Å². The molecule has 3 nitrogen and oxygen atoms in total. The second-order valence-electron chi connectivity index (χ2n) is 6.39. The molecule has 0 atom stereocenters. The highest BCUT2D eigenvalue weighted by atomic mass is 19.1. The number of nitrogens with one attached hydrogen (secondary N) is 1. The normalized spacial score (nSPS) is 9.52. The SMILES string of the molecule is CNCCCCc1ccc(F)cc1.Cc1ccc(F)cc1.O=Cc1cccnc1. The van der Waals surface area contributed by atoms with Crippen LogP contribution in [0.25, 0.3) is 0 Å². The number of hydrogen-bond donors (Lipinski definition) is 1. The molecule has 154 valence electrons. The van der Waals surface area contributed by atoms with E-state index in [1.54, 1.807) is 30.5 Å². The molecule has 0 fully saturated rings. The third kappa shape index (κ3) is 12.2. The Morgan fingerprint density at radius 3 is 2.00 bits per heavy atom. The molecule has 0 aliphatic rings. The predicted octanol–water partition coefficient (Wildman–Crippen LogP) is 5.40. The number of benzene rings is 2. The second-order valence-corrected chi connectivity index (χ2v) is 6.39. The van der Waals surface area contributed by atoms with E-state index in [1.807, 2.05) is 26.1 Å². The maximum atomic E-state index is 12.5. The first-order chi connectivity index (χ1) is 14.0. The summed E-state index contributed by atoms with van der Waals surface area (Å²) in [5.41, 5.74) is 2.93. The van der Waals surface area contributed by atoms with Gasteiger partial charge in [-0.1, -0.05) is 29.8 Å². The molecule has 0 aliphatic carbocycles. The number of hydrogen-bond acceptors (Lipinski definition) is 3. The third-order valence-corrected chi connectivity index (χ3v) is 3.89. The number of unbranched alkanes of at least 4 members (excludes halogenated alkanes) is 1. The van der Waals surface area contributed by atoms with Crippen molar-refractivity contribution in [3.63, 3.8) is 0 Å². The zero-order chi connectivity index (χ0) is 21.3. The fourth-order valence-corrected chi connectivity index (χ4v) is 2.26. The number of rotatable bonds is 6. The monoisotopic (exact) mass is 398 g/mol. The quantitative estimate of drug-likeness (QED) is 0.447. The van der Waals surface area contributed by atoms with E-state index < -0.39 is 0 Å². The zero-order valence-corrected chi connectivity index (χ0v) is 16.9. The topological polar surface area (TPSA) is 42.0 Å². The van der Waals surface area contributed by atoms with Crippen molar-refractivity contribution in [2.45, 2.75) is 26.2 Å². The molecule has 1 N–H and O–H groups in total. The lowest BCUT2D eigenvalue weighted by molar-refractivity contribution is 0.112. The van der Waals surface area contributed by atoms with Crippen molar-refractivity contribution in [1.82, 2.24) is 10.3 Å². The number of carbonyl (C=O) groups is 1. The zero-order valence-electron chi connectivity index (χ0n) is 16.9. The number of aromatic nitrogens is 1. The second kappa shape index (κ2) is 15.1. The summed E-state index contributed by atoms with van der Waals surface area (Å²) in [6, 6.07) is 16.6. The number of halogens is 2. The summed E-state index contributed by atoms with van der Waals surface area (Å²) in [6.07, 6.45) is 7.30. The molecule has 29 heavy (non-hydrogen) atoms. The van der Waals surface area contributed by atoms with Gasteiger partial charge in [-0.3, -0.25) is 9.78 Å². The molecule has 2 aromatic carbocycles. The summed E-state index contributed by atoms with van der Waals surface area (Å²) in [5.74, 6) is -0.324. The van der Waals surface area contributed by atoms with Crippen molar-refractivity contribution in [3.8, 4) is 0 Å². The molecule has 5 heteroatoms. The van der Waals surface area contributed by atoms with Crippen LogP contribution in [0, 0.1) is 18.6 Å². The highest BCUT2D eigenvalue weighted by Gasteiger charge is 1.93. The Morgan fingerprint density at radius 1 is 0.931 bits per heavy atom. The van der Waals surface area contributed by atoms with Crippen LogP contribution in [0.4, 0.5) is 8.78 Å². The summed E-state index contributed by atoms with van der Waals surface area (Å²) < 4.78 is 24.6. The van der Waals surface area contributed by atoms with Gasteiger partial charge in [-0.15, -0.1) is 0 Å². The van der Waals surface area contributed by atoms with E-state index in [0.29, 0.717) is 5.56 Å². The molecule has 0 aliphatic heterocycles. The molecule has 0 unspecified atom stereocenters. The van der Waals surface area contributed by atoms with Crippen molar-refractivity contribution in [1.29, 1.82) is 0 Å². The lowest BCUT2D eigenvalue weighted by atomic mass is 10.1. The van der Waals surface area contributed by atoms with Gasteiger partial charge in [0.2, 0.25) is 0 Å². The van der Waals surface area contributed by atoms with E-state index in [9.17, 15) is 13.6 Å². The van der Waals surface area contributed by atoms with Crippen LogP contribution in [0.1, 0.15) is 34.3 Å². The van der Waals surface area contributed by atoms with Gasteiger partial charge in [0, 0.05) is 18.0 Å². The van der Waals surface area contributed by atoms with Crippen molar-refractivity contribution in [2.75, 3.05) is 13.6 Å². The Balaban J connectivity index is 0.000000228. The number of nitrogens with zero attached hydrogens (tertiary/aromatic N) is 1. The number of carbonyl (C=O) groups excluding carboxylic acids is 1. The van der Waals surface area contributed by atoms with E-state index in [-0.39, 0.29) is 11.6 Å². The van der Waals surface area contributed by atoms with Crippen LogP contribution < -0.4 is 5.32 Å². The average molecular weight is 398 g/mol. The Bertz CT molecular complexity index is 770. The van der Waals surface area contributed by atoms with E-state index in [1.165, 1.54) is 42.4 Å². The van der Waals surface area contributed by atoms with E-state index in [0.717, 1.165) is 31.2 Å². The van der Waals surface area contributed by atoms with Crippen LogP contribution in [0.5, 0.6) is 0 Å². The molecule has 0 bridgehead atoms. The van der Waals surface area contributed by atoms with Crippen LogP contribution >= 0.6 is 0 Å². The highest BCUT2D eigenvalue weighted by molar-refractivity contribution is 5.73. The molecule has 0 amide bonds. The minimum atomic E-state index is -0.171. The standard InChI is InChI=1S/C11H16FN.C7H7F.C6H5NO/c1-13-9-3-2-4-10-5-7-11(12)8-6-10;1-6-2-4-7(8)5-3-6;8-5-6-2-1-3-7-4-6/h5-8,13H,2-4,9H2,1H3;2-5H,1H3;1-5H. The predicted molar refractivity (Wildman–Crippen MR) is 114 cm³/mol. The fourth-order valence-electron chi connectivity index (χ4n) is 2.26. The Hall–Kier alpha value is -2.92. The first-order valence-electron chi connectivity index (χ1n) is 9.51. The number of aldehydes is 1. The van der Waals surface area contributed by atoms with Crippen LogP contribution in [0.15, 0.2) is 73.1 Å². The molecule has 1 aromatic heterocycles. The maximum absolute atomic E-state index is 12.5. The van der Waals surface area contributed by atoms with Crippen LogP contribution in [-0.4, -0.2) is 24.9 Å². The van der Waals surface area contributed by atoms with E-state index in [2.05, 4.69) is 10.3 Å². The first-order valence-corrected chi connectivity index (χ1v) is 9.51. The van der Waals surface area contributed by atoms with Gasteiger partial charge in [0.1, 0.15) is 11.6 Å². The van der Waals surface area contributed by atoms with Crippen molar-refractivity contribution >= 4 is 6.29 Å². The van der Waals surface area contributed by atoms with Crippen LogP contribution in [0.3, 0.4) is 0 Å². The summed E-state index contributed by atoms with van der Waals surface area (Å²) in [6.45, 7) is 2.99. The Kier molecular flexibility index (Phi) is 12.5. The van der Waals surface area contributed by atoms with Crippen LogP contribution in [0.2, 0.25) is 0 Å². The Morgan fingerprint density at radius 2 is 1.55 bits per heavy atom. The van der Waals surface area contributed by atoms with E-state index >= 15 is 0 Å². The minimum Gasteiger partial charge on any atom is -0.320 e. The Labute approximate surface area is 171 Å². The summed E-state index contributed by atoms with van der Waals surface area (Å²) in [4.78, 5) is 13.7. The highest BCUT2D eigenvalue weighted by Crippen LogP contribution is 2.06. The third-order valence-electron chi connectivity index (χ3n) is 3.89. The summed E-state index contributed by atoms with van der Waals surface area (Å²) >= 11 is 0. The molecular formula is C24H28F2N2O. The molecule has 0 radical (unpaired) electrons. The number of pyridine rings is 1. The smallest absolute Gasteiger partial charge is 0.151 e. The average Bonchev–Trinajstić information content (AvgIpc) is 2.76. The van der Waals surface area contributed by atoms with Gasteiger partial charge in [-0.2, -0.15) is 0 Å². The fraction of sp³-hybridized carbons (Fsp3) is 0.250. The summed E-state index contributed by atoms with van der Waals surface area (Å²) in [7, 11) is 1.96. The lowest BCUT2D eigenvalue weighted by Crippen LogP contribution is -2.07.